The molecule has 4 N–H and O–H groups in total. The van der Waals surface area contributed by atoms with Gasteiger partial charge >= 0.3 is 11.9 Å². The van der Waals surface area contributed by atoms with Crippen LogP contribution in [0.4, 0.5) is 5.69 Å². The summed E-state index contributed by atoms with van der Waals surface area (Å²) in [4.78, 5) is 34.4. The maximum Gasteiger partial charge on any atom is 0.394 e. The number of aromatic hydroxyl groups is 1. The predicted octanol–water partition coefficient (Wildman–Crippen LogP) is 3.70. The molecule has 30 heavy (non-hydrogen) atoms. The van der Waals surface area contributed by atoms with Gasteiger partial charge < -0.3 is 25.6 Å². The van der Waals surface area contributed by atoms with E-state index in [1.807, 2.05) is 0 Å². The van der Waals surface area contributed by atoms with Gasteiger partial charge in [0.25, 0.3) is 5.91 Å². The van der Waals surface area contributed by atoms with Gasteiger partial charge in [-0.1, -0.05) is 18.0 Å². The molecule has 0 spiro atoms. The van der Waals surface area contributed by atoms with Crippen molar-refractivity contribution in [2.75, 3.05) is 11.9 Å². The molecule has 0 radical (unpaired) electrons. The summed E-state index contributed by atoms with van der Waals surface area (Å²) >= 11 is 6.24. The monoisotopic (exact) mass is 432 g/mol. The van der Waals surface area contributed by atoms with Crippen LogP contribution in [-0.2, 0) is 9.59 Å². The Bertz CT molecular complexity index is 980. The van der Waals surface area contributed by atoms with Gasteiger partial charge in [0.15, 0.2) is 0 Å². The number of carbonyl (C=O) groups is 3. The molecule has 0 bridgehead atoms. The maximum absolute atomic E-state index is 12.4. The average Bonchev–Trinajstić information content (AvgIpc) is 2.64. The Morgan fingerprint density at radius 1 is 1.20 bits per heavy atom. The minimum atomic E-state index is -1.61. The summed E-state index contributed by atoms with van der Waals surface area (Å²) in [5.74, 6) is -2.31. The van der Waals surface area contributed by atoms with Crippen LogP contribution in [0.3, 0.4) is 0 Å². The fourth-order valence-electron chi connectivity index (χ4n) is 3.02. The molecule has 0 atom stereocenters. The smallest absolute Gasteiger partial charge is 0.394 e. The Morgan fingerprint density at radius 3 is 2.53 bits per heavy atom. The number of rotatable bonds is 6. The summed E-state index contributed by atoms with van der Waals surface area (Å²) in [6.07, 6.45) is 3.36. The standard InChI is InChI=1S/C21H21ClN2O6/c1-11-7-13(24-20(27)21(28)29)8-16(22)18(11)30-14-5-6-17(25)15(9-14)19(26)23-10-12-3-2-4-12/h5-9,12,25H,2-4,10H2,1H3,(H,23,26)(H,24,27)(H,28,29). The van der Waals surface area contributed by atoms with Crippen LogP contribution < -0.4 is 15.4 Å². The van der Waals surface area contributed by atoms with Crippen LogP contribution in [0.2, 0.25) is 5.02 Å². The van der Waals surface area contributed by atoms with Crippen LogP contribution in [0.15, 0.2) is 30.3 Å². The van der Waals surface area contributed by atoms with Crippen LogP contribution in [-0.4, -0.2) is 34.5 Å². The Morgan fingerprint density at radius 2 is 1.93 bits per heavy atom. The minimum Gasteiger partial charge on any atom is -0.507 e. The van der Waals surface area contributed by atoms with E-state index in [9.17, 15) is 19.5 Å². The van der Waals surface area contributed by atoms with Crippen LogP contribution in [0, 0.1) is 12.8 Å². The van der Waals surface area contributed by atoms with Crippen molar-refractivity contribution in [3.8, 4) is 17.2 Å². The molecule has 9 heteroatoms. The van der Waals surface area contributed by atoms with E-state index < -0.39 is 11.9 Å². The van der Waals surface area contributed by atoms with E-state index in [0.29, 0.717) is 18.0 Å². The van der Waals surface area contributed by atoms with Crippen molar-refractivity contribution in [3.63, 3.8) is 0 Å². The van der Waals surface area contributed by atoms with E-state index >= 15 is 0 Å². The molecule has 1 aliphatic rings. The number of hydrogen-bond acceptors (Lipinski definition) is 5. The summed E-state index contributed by atoms with van der Waals surface area (Å²) in [7, 11) is 0. The first-order chi connectivity index (χ1) is 14.2. The molecular formula is C21H21ClN2O6. The zero-order valence-corrected chi connectivity index (χ0v) is 17.0. The molecule has 8 nitrogen and oxygen atoms in total. The van der Waals surface area contributed by atoms with Gasteiger partial charge in [0.2, 0.25) is 0 Å². The molecule has 1 fully saturated rings. The third-order valence-corrected chi connectivity index (χ3v) is 5.17. The van der Waals surface area contributed by atoms with Crippen molar-refractivity contribution in [1.29, 1.82) is 0 Å². The zero-order valence-electron chi connectivity index (χ0n) is 16.2. The molecule has 1 saturated carbocycles. The maximum atomic E-state index is 12.4. The second-order valence-electron chi connectivity index (χ2n) is 7.15. The molecule has 2 amide bonds. The molecule has 0 unspecified atom stereocenters. The molecule has 2 aromatic carbocycles. The first-order valence-electron chi connectivity index (χ1n) is 9.38. The minimum absolute atomic E-state index is 0.0888. The lowest BCUT2D eigenvalue weighted by molar-refractivity contribution is -0.147. The summed E-state index contributed by atoms with van der Waals surface area (Å²) in [5.41, 5.74) is 0.831. The van der Waals surface area contributed by atoms with Crippen molar-refractivity contribution in [2.45, 2.75) is 26.2 Å². The van der Waals surface area contributed by atoms with Crippen LogP contribution in [0.5, 0.6) is 17.2 Å². The Hall–Kier alpha value is -3.26. The summed E-state index contributed by atoms with van der Waals surface area (Å²) in [5, 5.41) is 23.9. The van der Waals surface area contributed by atoms with Gasteiger partial charge in [-0.15, -0.1) is 0 Å². The molecule has 0 saturated heterocycles. The predicted molar refractivity (Wildman–Crippen MR) is 110 cm³/mol. The Kier molecular flexibility index (Phi) is 6.47. The molecular weight excluding hydrogens is 412 g/mol. The number of aliphatic carboxylic acids is 1. The molecule has 3 rings (SSSR count). The Labute approximate surface area is 177 Å². The van der Waals surface area contributed by atoms with E-state index in [4.69, 9.17) is 21.4 Å². The zero-order chi connectivity index (χ0) is 21.8. The number of phenolic OH excluding ortho intramolecular Hbond substituents is 1. The van der Waals surface area contributed by atoms with E-state index in [0.717, 1.165) is 12.8 Å². The topological polar surface area (TPSA) is 125 Å². The summed E-state index contributed by atoms with van der Waals surface area (Å²) < 4.78 is 5.80. The van der Waals surface area contributed by atoms with E-state index in [-0.39, 0.29) is 39.4 Å². The van der Waals surface area contributed by atoms with Crippen molar-refractivity contribution >= 4 is 35.1 Å². The highest BCUT2D eigenvalue weighted by molar-refractivity contribution is 6.37. The van der Waals surface area contributed by atoms with Crippen molar-refractivity contribution < 1.29 is 29.3 Å². The van der Waals surface area contributed by atoms with Crippen LogP contribution >= 0.6 is 11.6 Å². The number of amides is 2. The first-order valence-corrected chi connectivity index (χ1v) is 9.76. The quantitative estimate of drug-likeness (QED) is 0.516. The lowest BCUT2D eigenvalue weighted by Crippen LogP contribution is -2.32. The van der Waals surface area contributed by atoms with Gasteiger partial charge in [-0.3, -0.25) is 9.59 Å². The third-order valence-electron chi connectivity index (χ3n) is 4.89. The molecule has 1 aliphatic carbocycles. The van der Waals surface area contributed by atoms with E-state index in [2.05, 4.69) is 10.6 Å². The third kappa shape index (κ3) is 5.01. The van der Waals surface area contributed by atoms with Crippen molar-refractivity contribution in [3.05, 3.63) is 46.5 Å². The number of carboxylic acid groups (broad SMARTS) is 1. The number of halogens is 1. The van der Waals surface area contributed by atoms with Crippen LogP contribution in [0.25, 0.3) is 0 Å². The first kappa shape index (κ1) is 21.4. The second kappa shape index (κ2) is 9.04. The van der Waals surface area contributed by atoms with E-state index in [1.165, 1.54) is 36.8 Å². The van der Waals surface area contributed by atoms with Gasteiger partial charge in [0, 0.05) is 12.2 Å². The van der Waals surface area contributed by atoms with Gasteiger partial charge in [-0.25, -0.2) is 4.79 Å². The second-order valence-corrected chi connectivity index (χ2v) is 7.56. The number of carbonyl (C=O) groups excluding carboxylic acids is 2. The molecule has 0 aromatic heterocycles. The Balaban J connectivity index is 1.76. The number of nitrogens with one attached hydrogen (secondary N) is 2. The molecule has 0 heterocycles. The van der Waals surface area contributed by atoms with Crippen molar-refractivity contribution in [1.82, 2.24) is 5.32 Å². The highest BCUT2D eigenvalue weighted by atomic mass is 35.5. The lowest BCUT2D eigenvalue weighted by Gasteiger charge is -2.25. The number of carboxylic acids is 1. The number of benzene rings is 2. The largest absolute Gasteiger partial charge is 0.507 e. The fraction of sp³-hybridized carbons (Fsp3) is 0.286. The SMILES string of the molecule is Cc1cc(NC(=O)C(=O)O)cc(Cl)c1Oc1ccc(O)c(C(=O)NCC2CCC2)c1. The average molecular weight is 433 g/mol. The number of anilines is 1. The van der Waals surface area contributed by atoms with E-state index in [1.54, 1.807) is 6.92 Å². The van der Waals surface area contributed by atoms with Crippen LogP contribution in [0.1, 0.15) is 35.2 Å². The van der Waals surface area contributed by atoms with Gasteiger partial charge in [0.1, 0.15) is 17.2 Å². The highest BCUT2D eigenvalue weighted by Crippen LogP contribution is 2.36. The number of aryl methyl sites for hydroxylation is 1. The number of hydrogen-bond donors (Lipinski definition) is 4. The van der Waals surface area contributed by atoms with Gasteiger partial charge in [-0.2, -0.15) is 0 Å². The highest BCUT2D eigenvalue weighted by Gasteiger charge is 2.20. The summed E-state index contributed by atoms with van der Waals surface area (Å²) in [6, 6.07) is 7.14. The van der Waals surface area contributed by atoms with Gasteiger partial charge in [0.05, 0.1) is 10.6 Å². The number of phenols is 1. The molecule has 0 aliphatic heterocycles. The summed E-state index contributed by atoms with van der Waals surface area (Å²) in [6.45, 7) is 2.24. The number of ether oxygens (including phenoxy) is 1. The van der Waals surface area contributed by atoms with Crippen molar-refractivity contribution in [2.24, 2.45) is 5.92 Å². The molecule has 2 aromatic rings. The fourth-order valence-corrected chi connectivity index (χ4v) is 3.33. The van der Waals surface area contributed by atoms with Gasteiger partial charge in [-0.05, 0) is 61.6 Å². The normalized spacial score (nSPS) is 13.3. The lowest BCUT2D eigenvalue weighted by atomic mass is 9.85. The molecule has 158 valence electrons.